The number of thioether (sulfide) groups is 1. The van der Waals surface area contributed by atoms with Crippen LogP contribution in [0.3, 0.4) is 0 Å². The summed E-state index contributed by atoms with van der Waals surface area (Å²) in [5.41, 5.74) is -0.526. The van der Waals surface area contributed by atoms with Crippen LogP contribution in [-0.4, -0.2) is 33.3 Å². The Morgan fingerprint density at radius 1 is 1.41 bits per heavy atom. The number of rotatable bonds is 3. The summed E-state index contributed by atoms with van der Waals surface area (Å²) in [6.45, 7) is 7.29. The molecule has 0 bridgehead atoms. The van der Waals surface area contributed by atoms with Crippen molar-refractivity contribution in [3.8, 4) is 0 Å². The van der Waals surface area contributed by atoms with E-state index in [1.165, 1.54) is 12.2 Å². The molecular weight excluding hydrogens is 302 g/mol. The topological polar surface area (TPSA) is 77.2 Å². The zero-order chi connectivity index (χ0) is 16.2. The van der Waals surface area contributed by atoms with Crippen LogP contribution in [0.15, 0.2) is 4.52 Å². The summed E-state index contributed by atoms with van der Waals surface area (Å²) in [6, 6.07) is -0.365. The van der Waals surface area contributed by atoms with Crippen molar-refractivity contribution in [1.29, 1.82) is 0 Å². The molecule has 0 spiro atoms. The average Bonchev–Trinajstić information content (AvgIpc) is 2.73. The molecule has 1 aliphatic rings. The first-order valence-corrected chi connectivity index (χ1v) is 8.91. The third kappa shape index (κ3) is 5.19. The molecule has 1 fully saturated rings. The summed E-state index contributed by atoms with van der Waals surface area (Å²) in [5, 5.41) is 6.82. The Labute approximate surface area is 135 Å². The molecule has 1 aromatic heterocycles. The molecular formula is C15H25N3O3S. The Kier molecular flexibility index (Phi) is 5.72. The summed E-state index contributed by atoms with van der Waals surface area (Å²) in [5.74, 6) is 3.90. The fraction of sp³-hybridized carbons (Fsp3) is 0.800. The molecule has 6 nitrogen and oxygen atoms in total. The van der Waals surface area contributed by atoms with E-state index in [4.69, 9.17) is 9.26 Å². The molecule has 1 N–H and O–H groups in total. The van der Waals surface area contributed by atoms with Crippen molar-refractivity contribution in [3.05, 3.63) is 11.7 Å². The third-order valence-electron chi connectivity index (χ3n) is 3.38. The molecule has 1 amide bonds. The number of carbonyl (C=O) groups is 1. The highest BCUT2D eigenvalue weighted by Gasteiger charge is 2.24. The van der Waals surface area contributed by atoms with Crippen molar-refractivity contribution in [2.75, 3.05) is 11.5 Å². The predicted octanol–water partition coefficient (Wildman–Crippen LogP) is 3.66. The summed E-state index contributed by atoms with van der Waals surface area (Å²) in [7, 11) is 0. The molecule has 0 saturated carbocycles. The fourth-order valence-corrected chi connectivity index (χ4v) is 3.32. The first-order valence-electron chi connectivity index (χ1n) is 7.76. The summed E-state index contributed by atoms with van der Waals surface area (Å²) < 4.78 is 10.5. The van der Waals surface area contributed by atoms with Gasteiger partial charge in [0.25, 0.3) is 0 Å². The Morgan fingerprint density at radius 3 is 2.91 bits per heavy atom. The molecule has 0 radical (unpaired) electrons. The van der Waals surface area contributed by atoms with Crippen LogP contribution in [-0.2, 0) is 4.74 Å². The van der Waals surface area contributed by atoms with Gasteiger partial charge in [0.05, 0.1) is 0 Å². The van der Waals surface area contributed by atoms with Crippen LogP contribution in [0.4, 0.5) is 4.79 Å². The maximum atomic E-state index is 11.8. The van der Waals surface area contributed by atoms with Gasteiger partial charge in [-0.05, 0) is 58.5 Å². The second-order valence-corrected chi connectivity index (χ2v) is 7.82. The highest BCUT2D eigenvalue weighted by molar-refractivity contribution is 7.99. The Balaban J connectivity index is 1.93. The van der Waals surface area contributed by atoms with Gasteiger partial charge in [0.1, 0.15) is 11.6 Å². The van der Waals surface area contributed by atoms with E-state index in [0.29, 0.717) is 11.8 Å². The number of hydrogen-bond acceptors (Lipinski definition) is 6. The number of carbonyl (C=O) groups excluding carboxylic acids is 1. The number of alkyl carbamates (subject to hydrolysis) is 1. The van der Waals surface area contributed by atoms with E-state index in [1.807, 2.05) is 39.5 Å². The number of hydrogen-bond donors (Lipinski definition) is 1. The molecule has 7 heteroatoms. The van der Waals surface area contributed by atoms with Crippen LogP contribution in [0.25, 0.3) is 0 Å². The smallest absolute Gasteiger partial charge is 0.408 e. The summed E-state index contributed by atoms with van der Waals surface area (Å²) >= 11 is 1.98. The van der Waals surface area contributed by atoms with Gasteiger partial charge in [-0.25, -0.2) is 4.79 Å². The van der Waals surface area contributed by atoms with Crippen LogP contribution in [0.5, 0.6) is 0 Å². The lowest BCUT2D eigenvalue weighted by Gasteiger charge is -2.20. The van der Waals surface area contributed by atoms with E-state index < -0.39 is 11.7 Å². The molecule has 1 saturated heterocycles. The molecule has 124 valence electrons. The van der Waals surface area contributed by atoms with Crippen molar-refractivity contribution < 1.29 is 14.1 Å². The molecule has 2 heterocycles. The third-order valence-corrected chi connectivity index (χ3v) is 4.48. The molecule has 2 atom stereocenters. The standard InChI is InChI=1S/C15H25N3O3S/c1-10(16-14(19)20-15(2,3)4)13-17-12(18-21-13)11-6-5-8-22-9-7-11/h10-11H,5-9H2,1-4H3,(H,16,19)/t10-,11+/m0/s1. The van der Waals surface area contributed by atoms with E-state index in [2.05, 4.69) is 15.5 Å². The van der Waals surface area contributed by atoms with Gasteiger partial charge in [-0.3, -0.25) is 0 Å². The maximum absolute atomic E-state index is 11.8. The summed E-state index contributed by atoms with van der Waals surface area (Å²) in [4.78, 5) is 16.2. The van der Waals surface area contributed by atoms with Crippen LogP contribution in [0, 0.1) is 0 Å². The van der Waals surface area contributed by atoms with E-state index in [9.17, 15) is 4.79 Å². The Morgan fingerprint density at radius 2 is 2.18 bits per heavy atom. The van der Waals surface area contributed by atoms with Gasteiger partial charge in [0, 0.05) is 5.92 Å². The van der Waals surface area contributed by atoms with Crippen molar-refractivity contribution in [2.24, 2.45) is 0 Å². The van der Waals surface area contributed by atoms with Gasteiger partial charge in [0.2, 0.25) is 5.89 Å². The fourth-order valence-electron chi connectivity index (χ4n) is 2.30. The highest BCUT2D eigenvalue weighted by Crippen LogP contribution is 2.29. The van der Waals surface area contributed by atoms with Crippen molar-refractivity contribution >= 4 is 17.9 Å². The van der Waals surface area contributed by atoms with Gasteiger partial charge in [-0.15, -0.1) is 0 Å². The average molecular weight is 327 g/mol. The van der Waals surface area contributed by atoms with Gasteiger partial charge in [0.15, 0.2) is 5.82 Å². The molecule has 22 heavy (non-hydrogen) atoms. The molecule has 0 aromatic carbocycles. The van der Waals surface area contributed by atoms with E-state index in [1.54, 1.807) is 0 Å². The molecule has 0 aliphatic carbocycles. The second-order valence-electron chi connectivity index (χ2n) is 6.60. The first kappa shape index (κ1) is 17.1. The summed E-state index contributed by atoms with van der Waals surface area (Å²) in [6.07, 6.45) is 2.88. The molecule has 1 aromatic rings. The quantitative estimate of drug-likeness (QED) is 0.913. The molecule has 2 rings (SSSR count). The van der Waals surface area contributed by atoms with E-state index in [0.717, 1.165) is 24.4 Å². The minimum Gasteiger partial charge on any atom is -0.444 e. The minimum absolute atomic E-state index is 0.362. The van der Waals surface area contributed by atoms with Crippen LogP contribution < -0.4 is 5.32 Å². The lowest BCUT2D eigenvalue weighted by Crippen LogP contribution is -2.34. The maximum Gasteiger partial charge on any atom is 0.408 e. The SMILES string of the molecule is C[C@H](NC(=O)OC(C)(C)C)c1nc([C@@H]2CCCSCC2)no1. The molecule has 0 unspecified atom stereocenters. The lowest BCUT2D eigenvalue weighted by molar-refractivity contribution is 0.0499. The van der Waals surface area contributed by atoms with Gasteiger partial charge >= 0.3 is 6.09 Å². The number of ether oxygens (including phenoxy) is 1. The number of amides is 1. The highest BCUT2D eigenvalue weighted by atomic mass is 32.2. The number of aromatic nitrogens is 2. The van der Waals surface area contributed by atoms with Crippen molar-refractivity contribution in [2.45, 2.75) is 64.5 Å². The monoisotopic (exact) mass is 327 g/mol. The predicted molar refractivity (Wildman–Crippen MR) is 86.0 cm³/mol. The van der Waals surface area contributed by atoms with Gasteiger partial charge in [-0.1, -0.05) is 5.16 Å². The van der Waals surface area contributed by atoms with Crippen molar-refractivity contribution in [1.82, 2.24) is 15.5 Å². The van der Waals surface area contributed by atoms with Gasteiger partial charge < -0.3 is 14.6 Å². The van der Waals surface area contributed by atoms with Crippen LogP contribution in [0.1, 0.15) is 70.6 Å². The van der Waals surface area contributed by atoms with Crippen LogP contribution in [0.2, 0.25) is 0 Å². The number of nitrogens with one attached hydrogen (secondary N) is 1. The first-order chi connectivity index (χ1) is 10.3. The Hall–Kier alpha value is -1.24. The number of nitrogens with zero attached hydrogens (tertiary/aromatic N) is 2. The van der Waals surface area contributed by atoms with E-state index >= 15 is 0 Å². The van der Waals surface area contributed by atoms with Crippen LogP contribution >= 0.6 is 11.8 Å². The van der Waals surface area contributed by atoms with Crippen molar-refractivity contribution in [3.63, 3.8) is 0 Å². The largest absolute Gasteiger partial charge is 0.444 e. The molecule has 1 aliphatic heterocycles. The zero-order valence-electron chi connectivity index (χ0n) is 13.7. The van der Waals surface area contributed by atoms with E-state index in [-0.39, 0.29) is 6.04 Å². The lowest BCUT2D eigenvalue weighted by atomic mass is 10.0. The normalized spacial score (nSPS) is 21.0. The van der Waals surface area contributed by atoms with Gasteiger partial charge in [-0.2, -0.15) is 16.7 Å². The zero-order valence-corrected chi connectivity index (χ0v) is 14.5. The Bertz CT molecular complexity index is 490. The minimum atomic E-state index is -0.526. The second kappa shape index (κ2) is 7.35.